The number of carbonyl (C=O) groups excluding carboxylic acids is 1. The number of likely N-dealkylation sites (N-methyl/N-ethyl adjacent to an activating group) is 1. The van der Waals surface area contributed by atoms with Gasteiger partial charge in [0.15, 0.2) is 5.17 Å². The number of rotatable bonds is 6. The lowest BCUT2D eigenvalue weighted by Gasteiger charge is -2.12. The average Bonchev–Trinajstić information content (AvgIpc) is 2.99. The molecule has 0 aromatic heterocycles. The van der Waals surface area contributed by atoms with E-state index in [1.807, 2.05) is 62.4 Å². The van der Waals surface area contributed by atoms with E-state index in [2.05, 4.69) is 20.9 Å². The van der Waals surface area contributed by atoms with Crippen molar-refractivity contribution in [2.75, 3.05) is 20.3 Å². The van der Waals surface area contributed by atoms with Crippen molar-refractivity contribution in [2.45, 2.75) is 13.8 Å². The van der Waals surface area contributed by atoms with Crippen LogP contribution in [0.15, 0.2) is 56.8 Å². The van der Waals surface area contributed by atoms with Crippen molar-refractivity contribution in [2.24, 2.45) is 4.99 Å². The van der Waals surface area contributed by atoms with Gasteiger partial charge in [-0.05, 0) is 89.6 Å². The lowest BCUT2D eigenvalue weighted by atomic mass is 10.2. The van der Waals surface area contributed by atoms with E-state index in [1.165, 1.54) is 11.8 Å². The summed E-state index contributed by atoms with van der Waals surface area (Å²) in [5.74, 6) is 1.52. The van der Waals surface area contributed by atoms with E-state index in [9.17, 15) is 4.79 Å². The first-order chi connectivity index (χ1) is 13.5. The van der Waals surface area contributed by atoms with Crippen LogP contribution in [0, 0.1) is 0 Å². The summed E-state index contributed by atoms with van der Waals surface area (Å²) in [5, 5.41) is 0.675. The molecule has 3 rings (SSSR count). The molecule has 0 N–H and O–H groups in total. The number of ether oxygens (including phenoxy) is 2. The Balaban J connectivity index is 1.87. The van der Waals surface area contributed by atoms with Crippen molar-refractivity contribution in [1.29, 1.82) is 0 Å². The number of amides is 1. The van der Waals surface area contributed by atoms with Gasteiger partial charge in [0.1, 0.15) is 11.5 Å². The number of thioether (sulfide) groups is 1. The number of nitrogens with zero attached hydrogens (tertiary/aromatic N) is 2. The first kappa shape index (κ1) is 20.5. The molecule has 0 unspecified atom stereocenters. The second-order valence-corrected chi connectivity index (χ2v) is 7.74. The number of carbonyl (C=O) groups is 1. The molecular weight excluding hydrogens is 440 g/mol. The molecular formula is C21H21BrN2O3S. The van der Waals surface area contributed by atoms with Gasteiger partial charge in [0.25, 0.3) is 5.91 Å². The Morgan fingerprint density at radius 1 is 1.18 bits per heavy atom. The maximum absolute atomic E-state index is 12.8. The van der Waals surface area contributed by atoms with Gasteiger partial charge in [-0.15, -0.1) is 0 Å². The minimum Gasteiger partial charge on any atom is -0.497 e. The molecule has 0 saturated carbocycles. The van der Waals surface area contributed by atoms with E-state index < -0.39 is 0 Å². The molecule has 1 heterocycles. The van der Waals surface area contributed by atoms with E-state index in [1.54, 1.807) is 12.0 Å². The van der Waals surface area contributed by atoms with Gasteiger partial charge in [-0.2, -0.15) is 0 Å². The number of amidine groups is 1. The second-order valence-electron chi connectivity index (χ2n) is 5.88. The van der Waals surface area contributed by atoms with Gasteiger partial charge in [-0.3, -0.25) is 9.69 Å². The van der Waals surface area contributed by atoms with Crippen molar-refractivity contribution in [3.63, 3.8) is 0 Å². The van der Waals surface area contributed by atoms with Crippen molar-refractivity contribution >= 4 is 50.5 Å². The molecule has 0 bridgehead atoms. The quantitative estimate of drug-likeness (QED) is 0.535. The van der Waals surface area contributed by atoms with Gasteiger partial charge in [-0.25, -0.2) is 4.99 Å². The highest BCUT2D eigenvalue weighted by Gasteiger charge is 2.32. The van der Waals surface area contributed by atoms with Crippen LogP contribution in [-0.2, 0) is 4.79 Å². The maximum Gasteiger partial charge on any atom is 0.266 e. The number of halogens is 1. The molecule has 0 radical (unpaired) electrons. The van der Waals surface area contributed by atoms with Crippen LogP contribution in [-0.4, -0.2) is 36.2 Å². The summed E-state index contributed by atoms with van der Waals surface area (Å²) in [4.78, 5) is 19.8. The van der Waals surface area contributed by atoms with Crippen molar-refractivity contribution in [3.05, 3.63) is 57.4 Å². The number of hydrogen-bond acceptors (Lipinski definition) is 5. The number of aliphatic imine (C=N–C) groups is 1. The molecule has 1 aliphatic rings. The summed E-state index contributed by atoms with van der Waals surface area (Å²) in [6, 6.07) is 13.2. The molecule has 1 fully saturated rings. The van der Waals surface area contributed by atoms with E-state index in [0.29, 0.717) is 23.2 Å². The average molecular weight is 461 g/mol. The topological polar surface area (TPSA) is 51.1 Å². The van der Waals surface area contributed by atoms with Gasteiger partial charge < -0.3 is 9.47 Å². The Hall–Kier alpha value is -2.25. The number of hydrogen-bond donors (Lipinski definition) is 0. The molecule has 5 nitrogen and oxygen atoms in total. The second kappa shape index (κ2) is 9.30. The van der Waals surface area contributed by atoms with E-state index in [0.717, 1.165) is 27.2 Å². The monoisotopic (exact) mass is 460 g/mol. The predicted molar refractivity (Wildman–Crippen MR) is 118 cm³/mol. The third-order valence-electron chi connectivity index (χ3n) is 4.06. The Labute approximate surface area is 177 Å². The smallest absolute Gasteiger partial charge is 0.266 e. The highest BCUT2D eigenvalue weighted by atomic mass is 79.9. The molecule has 28 heavy (non-hydrogen) atoms. The van der Waals surface area contributed by atoms with Gasteiger partial charge in [0.2, 0.25) is 0 Å². The Kier molecular flexibility index (Phi) is 6.80. The van der Waals surface area contributed by atoms with Crippen LogP contribution in [0.2, 0.25) is 0 Å². The number of methoxy groups -OCH3 is 1. The third-order valence-corrected chi connectivity index (χ3v) is 5.68. The highest BCUT2D eigenvalue weighted by Crippen LogP contribution is 2.35. The van der Waals surface area contributed by atoms with Gasteiger partial charge in [-0.1, -0.05) is 6.07 Å². The molecule has 1 saturated heterocycles. The predicted octanol–water partition coefficient (Wildman–Crippen LogP) is 5.48. The summed E-state index contributed by atoms with van der Waals surface area (Å²) < 4.78 is 11.6. The lowest BCUT2D eigenvalue weighted by Crippen LogP contribution is -2.28. The summed E-state index contributed by atoms with van der Waals surface area (Å²) >= 11 is 4.90. The third kappa shape index (κ3) is 4.59. The number of benzene rings is 2. The minimum absolute atomic E-state index is 0.0373. The van der Waals surface area contributed by atoms with Crippen molar-refractivity contribution < 1.29 is 14.3 Å². The van der Waals surface area contributed by atoms with E-state index in [4.69, 9.17) is 9.47 Å². The first-order valence-corrected chi connectivity index (χ1v) is 10.5. The van der Waals surface area contributed by atoms with E-state index >= 15 is 0 Å². The minimum atomic E-state index is -0.0373. The molecule has 1 amide bonds. The summed E-state index contributed by atoms with van der Waals surface area (Å²) in [5.41, 5.74) is 1.70. The molecule has 2 aromatic carbocycles. The fraction of sp³-hybridized carbons (Fsp3) is 0.238. The van der Waals surface area contributed by atoms with Gasteiger partial charge in [0, 0.05) is 6.54 Å². The Morgan fingerprint density at radius 2 is 1.93 bits per heavy atom. The zero-order valence-electron chi connectivity index (χ0n) is 15.9. The van der Waals surface area contributed by atoms with Gasteiger partial charge >= 0.3 is 0 Å². The normalized spacial score (nSPS) is 16.9. The zero-order chi connectivity index (χ0) is 20.1. The first-order valence-electron chi connectivity index (χ1n) is 8.92. The van der Waals surface area contributed by atoms with Crippen LogP contribution < -0.4 is 9.47 Å². The molecule has 1 aliphatic heterocycles. The molecule has 0 atom stereocenters. The van der Waals surface area contributed by atoms with Crippen LogP contribution in [0.3, 0.4) is 0 Å². The fourth-order valence-electron chi connectivity index (χ4n) is 2.67. The molecule has 7 heteroatoms. The van der Waals surface area contributed by atoms with Crippen LogP contribution in [0.5, 0.6) is 11.5 Å². The van der Waals surface area contributed by atoms with Crippen molar-refractivity contribution in [3.8, 4) is 11.5 Å². The molecule has 0 spiro atoms. The molecule has 146 valence electrons. The largest absolute Gasteiger partial charge is 0.497 e. The zero-order valence-corrected chi connectivity index (χ0v) is 18.3. The van der Waals surface area contributed by atoms with E-state index in [-0.39, 0.29) is 5.91 Å². The summed E-state index contributed by atoms with van der Waals surface area (Å²) in [6.45, 7) is 5.05. The standard InChI is InChI=1S/C21H21BrN2O3S/c1-4-24-20(25)19(13-14-6-11-18(27-5-2)17(22)12-14)28-21(24)23-15-7-9-16(26-3)10-8-15/h6-13H,4-5H2,1-3H3/b19-13+,23-21?. The van der Waals surface area contributed by atoms with Crippen LogP contribution in [0.4, 0.5) is 5.69 Å². The molecule has 0 aliphatic carbocycles. The van der Waals surface area contributed by atoms with Crippen molar-refractivity contribution in [1.82, 2.24) is 4.90 Å². The fourth-order valence-corrected chi connectivity index (χ4v) is 4.24. The lowest BCUT2D eigenvalue weighted by molar-refractivity contribution is -0.122. The maximum atomic E-state index is 12.8. The van der Waals surface area contributed by atoms with Gasteiger partial charge in [0.05, 0.1) is 28.8 Å². The Morgan fingerprint density at radius 3 is 2.54 bits per heavy atom. The SMILES string of the molecule is CCOc1ccc(/C=C2/SC(=Nc3ccc(OC)cc3)N(CC)C2=O)cc1Br. The highest BCUT2D eigenvalue weighted by molar-refractivity contribution is 9.10. The van der Waals surface area contributed by atoms with Crippen LogP contribution in [0.1, 0.15) is 19.4 Å². The Bertz CT molecular complexity index is 926. The van der Waals surface area contributed by atoms with Crippen LogP contribution >= 0.6 is 27.7 Å². The summed E-state index contributed by atoms with van der Waals surface area (Å²) in [6.07, 6.45) is 1.88. The van der Waals surface area contributed by atoms with Crippen LogP contribution in [0.25, 0.3) is 6.08 Å². The summed E-state index contributed by atoms with van der Waals surface area (Å²) in [7, 11) is 1.63. The molecule has 2 aromatic rings.